The molecule has 10 heteroatoms. The number of anilines is 2. The number of aromatic nitrogens is 2. The fourth-order valence-electron chi connectivity index (χ4n) is 3.86. The number of hydrogen-bond acceptors (Lipinski definition) is 5. The molecule has 166 valence electrons. The minimum atomic E-state index is -0.949. The first kappa shape index (κ1) is 22.9. The van der Waals surface area contributed by atoms with Crippen LogP contribution in [0.3, 0.4) is 0 Å². The van der Waals surface area contributed by atoms with Crippen molar-refractivity contribution in [3.8, 4) is 0 Å². The van der Waals surface area contributed by atoms with Gasteiger partial charge in [-0.3, -0.25) is 14.7 Å². The summed E-state index contributed by atoms with van der Waals surface area (Å²) >= 11 is 2.99. The van der Waals surface area contributed by atoms with Crippen LogP contribution in [-0.2, 0) is 0 Å². The van der Waals surface area contributed by atoms with Crippen molar-refractivity contribution in [1.82, 2.24) is 14.9 Å². The molecule has 1 aliphatic rings. The number of carbonyl (C=O) groups is 2. The Labute approximate surface area is 188 Å². The zero-order valence-corrected chi connectivity index (χ0v) is 19.2. The van der Waals surface area contributed by atoms with Gasteiger partial charge in [-0.15, -0.1) is 0 Å². The molecule has 0 aliphatic carbocycles. The number of carbonyl (C=O) groups excluding carboxylic acids is 1. The van der Waals surface area contributed by atoms with Crippen LogP contribution < -0.4 is 10.2 Å². The van der Waals surface area contributed by atoms with Crippen molar-refractivity contribution < 1.29 is 19.1 Å². The fraction of sp³-hybridized carbons (Fsp3) is 0.429. The molecule has 1 unspecified atom stereocenters. The van der Waals surface area contributed by atoms with Gasteiger partial charge in [0.1, 0.15) is 10.3 Å². The molecule has 0 radical (unpaired) electrons. The number of piperidine rings is 1. The minimum Gasteiger partial charge on any atom is -0.465 e. The van der Waals surface area contributed by atoms with Gasteiger partial charge < -0.3 is 15.3 Å². The molecular formula is C21H25BrFN5O3. The lowest BCUT2D eigenvalue weighted by molar-refractivity contribution is 0.0648. The maximum absolute atomic E-state index is 13.4. The van der Waals surface area contributed by atoms with Crippen molar-refractivity contribution in [2.75, 3.05) is 23.3 Å². The Morgan fingerprint density at radius 3 is 2.71 bits per heavy atom. The van der Waals surface area contributed by atoms with Crippen LogP contribution in [0.2, 0.25) is 0 Å². The summed E-state index contributed by atoms with van der Waals surface area (Å²) in [4.78, 5) is 36.1. The van der Waals surface area contributed by atoms with Gasteiger partial charge >= 0.3 is 6.09 Å². The van der Waals surface area contributed by atoms with Crippen LogP contribution in [-0.4, -0.2) is 56.6 Å². The van der Waals surface area contributed by atoms with Gasteiger partial charge in [0.15, 0.2) is 5.82 Å². The Kier molecular flexibility index (Phi) is 6.78. The van der Waals surface area contributed by atoms with Crippen LogP contribution in [0.1, 0.15) is 44.1 Å². The predicted octanol–water partition coefficient (Wildman–Crippen LogP) is 4.38. The summed E-state index contributed by atoms with van der Waals surface area (Å²) in [5, 5.41) is 12.6. The smallest absolute Gasteiger partial charge is 0.408 e. The lowest BCUT2D eigenvalue weighted by atomic mass is 9.97. The highest BCUT2D eigenvalue weighted by atomic mass is 79.9. The monoisotopic (exact) mass is 493 g/mol. The summed E-state index contributed by atoms with van der Waals surface area (Å²) in [5.74, 6) is -1.05. The van der Waals surface area contributed by atoms with E-state index in [2.05, 4.69) is 36.1 Å². The Bertz CT molecular complexity index is 982. The van der Waals surface area contributed by atoms with E-state index in [9.17, 15) is 19.1 Å². The van der Waals surface area contributed by atoms with E-state index in [0.717, 1.165) is 25.1 Å². The highest BCUT2D eigenvalue weighted by Crippen LogP contribution is 2.31. The molecule has 3 heterocycles. The molecule has 3 rings (SSSR count). The highest BCUT2D eigenvalue weighted by molar-refractivity contribution is 9.10. The molecule has 1 saturated heterocycles. The molecular weight excluding hydrogens is 469 g/mol. The summed E-state index contributed by atoms with van der Waals surface area (Å²) in [5.41, 5.74) is 0.752. The number of nitrogens with zero attached hydrogens (tertiary/aromatic N) is 4. The average Bonchev–Trinajstić information content (AvgIpc) is 2.69. The second kappa shape index (κ2) is 9.17. The molecule has 2 aromatic heterocycles. The van der Waals surface area contributed by atoms with Gasteiger partial charge in [-0.25, -0.2) is 14.2 Å². The van der Waals surface area contributed by atoms with Crippen molar-refractivity contribution >= 4 is 39.3 Å². The number of hydrogen-bond donors (Lipinski definition) is 2. The standard InChI is InChI=1S/C21H25BrFN5O3/c1-21(2,3)28(20(30)31)13-5-4-10-27(12-13)17-8-9-24-11-16(17)26-19(29)15-7-6-14(23)18(22)25-15/h6-9,11,13H,4-5,10,12H2,1-3H3,(H,26,29)(H,30,31). The van der Waals surface area contributed by atoms with Gasteiger partial charge in [0.25, 0.3) is 5.91 Å². The van der Waals surface area contributed by atoms with Gasteiger partial charge in [0, 0.05) is 24.8 Å². The van der Waals surface area contributed by atoms with E-state index in [1.807, 2.05) is 20.8 Å². The second-order valence-corrected chi connectivity index (χ2v) is 9.13. The fourth-order valence-corrected chi connectivity index (χ4v) is 4.19. The molecule has 0 aromatic carbocycles. The van der Waals surface area contributed by atoms with Crippen LogP contribution in [0.5, 0.6) is 0 Å². The van der Waals surface area contributed by atoms with Crippen LogP contribution in [0.15, 0.2) is 35.2 Å². The maximum atomic E-state index is 13.4. The molecule has 2 aromatic rings. The number of rotatable bonds is 4. The number of amides is 2. The highest BCUT2D eigenvalue weighted by Gasteiger charge is 2.36. The first-order chi connectivity index (χ1) is 14.6. The molecule has 1 aliphatic heterocycles. The molecule has 0 spiro atoms. The van der Waals surface area contributed by atoms with E-state index in [1.54, 1.807) is 12.3 Å². The van der Waals surface area contributed by atoms with Crippen LogP contribution in [0.4, 0.5) is 20.6 Å². The van der Waals surface area contributed by atoms with Crippen molar-refractivity contribution in [2.24, 2.45) is 0 Å². The van der Waals surface area contributed by atoms with Gasteiger partial charge in [-0.2, -0.15) is 0 Å². The summed E-state index contributed by atoms with van der Waals surface area (Å²) in [6.07, 6.45) is 3.79. The van der Waals surface area contributed by atoms with E-state index in [1.165, 1.54) is 23.2 Å². The Morgan fingerprint density at radius 1 is 1.32 bits per heavy atom. The summed E-state index contributed by atoms with van der Waals surface area (Å²) in [7, 11) is 0. The lowest BCUT2D eigenvalue weighted by Crippen LogP contribution is -2.56. The average molecular weight is 494 g/mol. The molecule has 2 amide bonds. The van der Waals surface area contributed by atoms with Crippen molar-refractivity contribution in [3.05, 3.63) is 46.7 Å². The third kappa shape index (κ3) is 5.30. The zero-order valence-electron chi connectivity index (χ0n) is 17.6. The Morgan fingerprint density at radius 2 is 2.06 bits per heavy atom. The topological polar surface area (TPSA) is 98.7 Å². The van der Waals surface area contributed by atoms with E-state index in [4.69, 9.17) is 0 Å². The largest absolute Gasteiger partial charge is 0.465 e. The summed E-state index contributed by atoms with van der Waals surface area (Å²) < 4.78 is 13.4. The van der Waals surface area contributed by atoms with Crippen molar-refractivity contribution in [2.45, 2.75) is 45.2 Å². The normalized spacial score (nSPS) is 16.7. The van der Waals surface area contributed by atoms with E-state index >= 15 is 0 Å². The summed E-state index contributed by atoms with van der Waals surface area (Å²) in [6.45, 7) is 6.86. The van der Waals surface area contributed by atoms with Gasteiger partial charge in [-0.05, 0) is 67.7 Å². The molecule has 0 saturated carbocycles. The Hall–Kier alpha value is -2.75. The Balaban J connectivity index is 1.83. The zero-order chi connectivity index (χ0) is 22.8. The number of nitrogens with one attached hydrogen (secondary N) is 1. The molecule has 2 N–H and O–H groups in total. The van der Waals surface area contributed by atoms with Crippen molar-refractivity contribution in [3.63, 3.8) is 0 Å². The summed E-state index contributed by atoms with van der Waals surface area (Å²) in [6, 6.07) is 4.07. The van der Waals surface area contributed by atoms with Gasteiger partial charge in [-0.1, -0.05) is 0 Å². The van der Waals surface area contributed by atoms with Crippen molar-refractivity contribution in [1.29, 1.82) is 0 Å². The number of pyridine rings is 2. The van der Waals surface area contributed by atoms with Gasteiger partial charge in [0.05, 0.1) is 23.6 Å². The lowest BCUT2D eigenvalue weighted by Gasteiger charge is -2.45. The first-order valence-electron chi connectivity index (χ1n) is 9.92. The molecule has 1 atom stereocenters. The maximum Gasteiger partial charge on any atom is 0.408 e. The van der Waals surface area contributed by atoms with Crippen LogP contribution >= 0.6 is 15.9 Å². The van der Waals surface area contributed by atoms with E-state index < -0.39 is 23.4 Å². The van der Waals surface area contributed by atoms with E-state index in [0.29, 0.717) is 12.2 Å². The van der Waals surface area contributed by atoms with E-state index in [-0.39, 0.29) is 16.3 Å². The van der Waals surface area contributed by atoms with Crippen LogP contribution in [0, 0.1) is 5.82 Å². The minimum absolute atomic E-state index is 0.0404. The third-order valence-corrected chi connectivity index (χ3v) is 5.67. The third-order valence-electron chi connectivity index (χ3n) is 5.11. The quantitative estimate of drug-likeness (QED) is 0.613. The molecule has 0 bridgehead atoms. The molecule has 1 fully saturated rings. The number of carboxylic acid groups (broad SMARTS) is 1. The SMILES string of the molecule is CC(C)(C)N(C(=O)O)C1CCCN(c2ccncc2NC(=O)c2ccc(F)c(Br)n2)C1. The van der Waals surface area contributed by atoms with Gasteiger partial charge in [0.2, 0.25) is 0 Å². The second-order valence-electron chi connectivity index (χ2n) is 8.38. The first-order valence-corrected chi connectivity index (χ1v) is 10.7. The molecule has 31 heavy (non-hydrogen) atoms. The predicted molar refractivity (Wildman–Crippen MR) is 119 cm³/mol. The van der Waals surface area contributed by atoms with Crippen LogP contribution in [0.25, 0.3) is 0 Å². The number of halogens is 2. The molecule has 8 nitrogen and oxygen atoms in total.